The van der Waals surface area contributed by atoms with Gasteiger partial charge in [0.1, 0.15) is 12.4 Å². The highest BCUT2D eigenvalue weighted by Crippen LogP contribution is 2.42. The summed E-state index contributed by atoms with van der Waals surface area (Å²) in [5, 5.41) is 11.7. The highest BCUT2D eigenvalue weighted by Gasteiger charge is 2.33. The number of hydrogen-bond acceptors (Lipinski definition) is 5. The Morgan fingerprint density at radius 3 is 2.52 bits per heavy atom. The molecule has 0 unspecified atom stereocenters. The molecule has 1 aromatic rings. The van der Waals surface area contributed by atoms with Crippen LogP contribution in [0.15, 0.2) is 11.6 Å². The average Bonchev–Trinajstić information content (AvgIpc) is 3.05. The SMILES string of the molecule is CCc1c2c(c(NC(=O)N(C)C)c(CC=C(C)CCC(=O)O)c1OC)C(=O)OC2. The van der Waals surface area contributed by atoms with Gasteiger partial charge >= 0.3 is 18.0 Å². The van der Waals surface area contributed by atoms with Crippen LogP contribution in [0.25, 0.3) is 0 Å². The van der Waals surface area contributed by atoms with E-state index in [1.807, 2.05) is 19.9 Å². The zero-order valence-electron chi connectivity index (χ0n) is 17.5. The molecule has 0 radical (unpaired) electrons. The molecule has 0 aromatic heterocycles. The minimum atomic E-state index is -0.859. The summed E-state index contributed by atoms with van der Waals surface area (Å²) in [5.74, 6) is -0.719. The van der Waals surface area contributed by atoms with E-state index in [0.29, 0.717) is 41.8 Å². The summed E-state index contributed by atoms with van der Waals surface area (Å²) in [5.41, 5.74) is 3.94. The van der Waals surface area contributed by atoms with Gasteiger partial charge in [0.25, 0.3) is 0 Å². The van der Waals surface area contributed by atoms with Crippen molar-refractivity contribution < 1.29 is 29.0 Å². The first-order valence-corrected chi connectivity index (χ1v) is 9.48. The molecule has 0 bridgehead atoms. The van der Waals surface area contributed by atoms with Crippen molar-refractivity contribution in [2.24, 2.45) is 0 Å². The number of hydrogen-bond donors (Lipinski definition) is 2. The maximum atomic E-state index is 12.5. The average molecular weight is 404 g/mol. The molecule has 2 amide bonds. The van der Waals surface area contributed by atoms with E-state index >= 15 is 0 Å². The number of carboxylic acids is 1. The normalized spacial score (nSPS) is 13.0. The number of urea groups is 1. The molecule has 8 nitrogen and oxygen atoms in total. The van der Waals surface area contributed by atoms with E-state index in [4.69, 9.17) is 14.6 Å². The molecule has 158 valence electrons. The van der Waals surface area contributed by atoms with Crippen molar-refractivity contribution in [3.8, 4) is 5.75 Å². The molecule has 1 aromatic carbocycles. The lowest BCUT2D eigenvalue weighted by atomic mass is 9.91. The lowest BCUT2D eigenvalue weighted by Crippen LogP contribution is -2.29. The number of aliphatic carboxylic acids is 1. The highest BCUT2D eigenvalue weighted by atomic mass is 16.5. The van der Waals surface area contributed by atoms with Crippen LogP contribution in [0.4, 0.5) is 10.5 Å². The van der Waals surface area contributed by atoms with E-state index < -0.39 is 11.9 Å². The molecular formula is C21H28N2O6. The molecule has 0 saturated carbocycles. The van der Waals surface area contributed by atoms with Crippen LogP contribution in [0.5, 0.6) is 5.75 Å². The lowest BCUT2D eigenvalue weighted by molar-refractivity contribution is -0.136. The van der Waals surface area contributed by atoms with Crippen LogP contribution in [0.3, 0.4) is 0 Å². The second-order valence-electron chi connectivity index (χ2n) is 7.12. The second-order valence-corrected chi connectivity index (χ2v) is 7.12. The van der Waals surface area contributed by atoms with E-state index in [-0.39, 0.29) is 19.1 Å². The van der Waals surface area contributed by atoms with Crippen LogP contribution in [0, 0.1) is 0 Å². The molecular weight excluding hydrogens is 376 g/mol. The summed E-state index contributed by atoms with van der Waals surface area (Å²) in [7, 11) is 4.78. The predicted octanol–water partition coefficient (Wildman–Crippen LogP) is 3.38. The lowest BCUT2D eigenvalue weighted by Gasteiger charge is -2.22. The summed E-state index contributed by atoms with van der Waals surface area (Å²) in [4.78, 5) is 37.0. The van der Waals surface area contributed by atoms with Crippen LogP contribution in [0.2, 0.25) is 0 Å². The van der Waals surface area contributed by atoms with Crippen molar-refractivity contribution in [1.82, 2.24) is 4.90 Å². The fourth-order valence-electron chi connectivity index (χ4n) is 3.33. The Labute approximate surface area is 170 Å². The van der Waals surface area contributed by atoms with Crippen molar-refractivity contribution in [3.63, 3.8) is 0 Å². The molecule has 29 heavy (non-hydrogen) atoms. The number of carbonyl (C=O) groups excluding carboxylic acids is 2. The van der Waals surface area contributed by atoms with Gasteiger partial charge in [0.2, 0.25) is 0 Å². The van der Waals surface area contributed by atoms with Crippen LogP contribution >= 0.6 is 0 Å². The maximum absolute atomic E-state index is 12.5. The van der Waals surface area contributed by atoms with E-state index in [2.05, 4.69) is 5.32 Å². The Bertz CT molecular complexity index is 857. The number of nitrogens with one attached hydrogen (secondary N) is 1. The summed E-state index contributed by atoms with van der Waals surface area (Å²) in [6.45, 7) is 3.97. The molecule has 0 aliphatic carbocycles. The van der Waals surface area contributed by atoms with Crippen molar-refractivity contribution in [2.45, 2.75) is 46.1 Å². The van der Waals surface area contributed by atoms with Gasteiger partial charge in [-0.05, 0) is 26.2 Å². The van der Waals surface area contributed by atoms with Crippen molar-refractivity contribution in [2.75, 3.05) is 26.5 Å². The third kappa shape index (κ3) is 4.88. The predicted molar refractivity (Wildman–Crippen MR) is 109 cm³/mol. The number of ether oxygens (including phenoxy) is 2. The third-order valence-corrected chi connectivity index (χ3v) is 4.90. The number of carbonyl (C=O) groups is 3. The standard InChI is InChI=1S/C21H28N2O6/c1-6-13-15-11-29-20(26)17(15)18(22-21(27)23(3)4)14(19(13)28-5)9-7-12(2)8-10-16(24)25/h7H,6,8-11H2,1-5H3,(H,22,27)(H,24,25). The van der Waals surface area contributed by atoms with Crippen LogP contribution in [-0.2, 0) is 29.0 Å². The number of allylic oxidation sites excluding steroid dienone is 2. The molecule has 0 spiro atoms. The zero-order chi connectivity index (χ0) is 21.7. The number of fused-ring (bicyclic) bond motifs is 1. The number of esters is 1. The van der Waals surface area contributed by atoms with E-state index in [1.54, 1.807) is 21.2 Å². The molecule has 0 atom stereocenters. The maximum Gasteiger partial charge on any atom is 0.341 e. The minimum Gasteiger partial charge on any atom is -0.496 e. The molecule has 1 aliphatic heterocycles. The van der Waals surface area contributed by atoms with Crippen molar-refractivity contribution in [1.29, 1.82) is 0 Å². The van der Waals surface area contributed by atoms with Gasteiger partial charge in [0.15, 0.2) is 0 Å². The first kappa shape index (κ1) is 22.3. The topological polar surface area (TPSA) is 105 Å². The first-order chi connectivity index (χ1) is 13.7. The number of benzene rings is 1. The molecule has 0 saturated heterocycles. The van der Waals surface area contributed by atoms with Gasteiger partial charge in [-0.15, -0.1) is 0 Å². The Balaban J connectivity index is 2.60. The number of rotatable bonds is 8. The van der Waals surface area contributed by atoms with E-state index in [1.165, 1.54) is 4.90 Å². The Morgan fingerprint density at radius 1 is 1.28 bits per heavy atom. The van der Waals surface area contributed by atoms with Crippen LogP contribution in [-0.4, -0.2) is 49.2 Å². The number of carboxylic acid groups (broad SMARTS) is 1. The smallest absolute Gasteiger partial charge is 0.341 e. The summed E-state index contributed by atoms with van der Waals surface area (Å²) < 4.78 is 10.9. The van der Waals surface area contributed by atoms with Crippen LogP contribution < -0.4 is 10.1 Å². The molecule has 8 heteroatoms. The highest BCUT2D eigenvalue weighted by molar-refractivity contribution is 6.05. The number of methoxy groups -OCH3 is 1. The van der Waals surface area contributed by atoms with Gasteiger partial charge in [-0.25, -0.2) is 9.59 Å². The molecule has 2 N–H and O–H groups in total. The van der Waals surface area contributed by atoms with Gasteiger partial charge < -0.3 is 24.8 Å². The summed E-state index contributed by atoms with van der Waals surface area (Å²) in [6.07, 6.45) is 3.38. The minimum absolute atomic E-state index is 0.0421. The molecule has 2 rings (SSSR count). The van der Waals surface area contributed by atoms with Gasteiger partial charge in [0.05, 0.1) is 18.4 Å². The fourth-order valence-corrected chi connectivity index (χ4v) is 3.33. The Kier molecular flexibility index (Phi) is 7.25. The van der Waals surface area contributed by atoms with Gasteiger partial charge in [-0.2, -0.15) is 0 Å². The monoisotopic (exact) mass is 404 g/mol. The first-order valence-electron chi connectivity index (χ1n) is 9.48. The van der Waals surface area contributed by atoms with E-state index in [9.17, 15) is 14.4 Å². The third-order valence-electron chi connectivity index (χ3n) is 4.90. The summed E-state index contributed by atoms with van der Waals surface area (Å²) in [6, 6.07) is -0.369. The number of anilines is 1. The molecule has 1 heterocycles. The number of nitrogens with zero attached hydrogens (tertiary/aromatic N) is 1. The van der Waals surface area contributed by atoms with Gasteiger partial charge in [-0.3, -0.25) is 4.79 Å². The second kappa shape index (κ2) is 9.45. The Hall–Kier alpha value is -3.03. The fraction of sp³-hybridized carbons (Fsp3) is 0.476. The molecule has 0 fully saturated rings. The Morgan fingerprint density at radius 2 is 1.97 bits per heavy atom. The quantitative estimate of drug-likeness (QED) is 0.508. The number of amides is 2. The van der Waals surface area contributed by atoms with Crippen molar-refractivity contribution >= 4 is 23.7 Å². The van der Waals surface area contributed by atoms with Crippen molar-refractivity contribution in [3.05, 3.63) is 33.9 Å². The molecule has 1 aliphatic rings. The van der Waals surface area contributed by atoms with Crippen LogP contribution in [0.1, 0.15) is 53.7 Å². The number of cyclic esters (lactones) is 1. The van der Waals surface area contributed by atoms with Gasteiger partial charge in [-0.1, -0.05) is 18.6 Å². The largest absolute Gasteiger partial charge is 0.496 e. The van der Waals surface area contributed by atoms with E-state index in [0.717, 1.165) is 16.7 Å². The summed E-state index contributed by atoms with van der Waals surface area (Å²) >= 11 is 0. The zero-order valence-corrected chi connectivity index (χ0v) is 17.5. The van der Waals surface area contributed by atoms with Gasteiger partial charge in [0, 0.05) is 37.2 Å².